The molecule has 208 valence electrons. The number of nitrogens with one attached hydrogen (secondary N) is 2. The van der Waals surface area contributed by atoms with Crippen LogP contribution in [-0.2, 0) is 17.4 Å². The summed E-state index contributed by atoms with van der Waals surface area (Å²) in [5.74, 6) is -0.731. The third kappa shape index (κ3) is 5.93. The van der Waals surface area contributed by atoms with Gasteiger partial charge in [0.05, 0.1) is 18.2 Å². The molecule has 3 aromatic rings. The van der Waals surface area contributed by atoms with Crippen molar-refractivity contribution in [3.8, 4) is 0 Å². The lowest BCUT2D eigenvalue weighted by Crippen LogP contribution is -2.62. The number of aromatic nitrogens is 1. The fourth-order valence-corrected chi connectivity index (χ4v) is 5.21. The summed E-state index contributed by atoms with van der Waals surface area (Å²) in [6.45, 7) is 0.157. The predicted molar refractivity (Wildman–Crippen MR) is 141 cm³/mol. The maximum atomic E-state index is 13.7. The number of halogens is 3. The number of hydrogen-bond donors (Lipinski definition) is 2. The van der Waals surface area contributed by atoms with Crippen LogP contribution >= 0.6 is 0 Å². The van der Waals surface area contributed by atoms with Crippen molar-refractivity contribution < 1.29 is 27.6 Å². The van der Waals surface area contributed by atoms with Crippen LogP contribution < -0.4 is 10.6 Å². The number of hydrogen-bond acceptors (Lipinski definition) is 4. The van der Waals surface area contributed by atoms with Crippen molar-refractivity contribution in [2.45, 2.75) is 37.5 Å². The van der Waals surface area contributed by atoms with Gasteiger partial charge in [-0.25, -0.2) is 4.79 Å². The molecule has 2 heterocycles. The second kappa shape index (κ2) is 11.4. The van der Waals surface area contributed by atoms with Gasteiger partial charge in [0.2, 0.25) is 5.91 Å². The molecule has 1 aliphatic heterocycles. The molecule has 2 aliphatic rings. The van der Waals surface area contributed by atoms with Crippen molar-refractivity contribution in [2.75, 3.05) is 25.0 Å². The predicted octanol–water partition coefficient (Wildman–Crippen LogP) is 4.65. The fraction of sp³-hybridized carbons (Fsp3) is 0.310. The van der Waals surface area contributed by atoms with Gasteiger partial charge in [0.1, 0.15) is 6.04 Å². The second-order valence-electron chi connectivity index (χ2n) is 9.85. The minimum absolute atomic E-state index is 0.0799. The Morgan fingerprint density at radius 2 is 1.65 bits per heavy atom. The second-order valence-corrected chi connectivity index (χ2v) is 9.85. The molecule has 2 N–H and O–H groups in total. The highest BCUT2D eigenvalue weighted by Gasteiger charge is 2.38. The first kappa shape index (κ1) is 27.2. The van der Waals surface area contributed by atoms with E-state index >= 15 is 0 Å². The van der Waals surface area contributed by atoms with Crippen LogP contribution in [0.2, 0.25) is 0 Å². The highest BCUT2D eigenvalue weighted by atomic mass is 19.4. The number of aryl methyl sites for hydroxylation is 1. The fourth-order valence-electron chi connectivity index (χ4n) is 5.21. The maximum Gasteiger partial charge on any atom is 0.416 e. The Balaban J connectivity index is 1.34. The van der Waals surface area contributed by atoms with Crippen molar-refractivity contribution in [2.24, 2.45) is 0 Å². The number of rotatable bonds is 4. The Hall–Kier alpha value is -4.41. The summed E-state index contributed by atoms with van der Waals surface area (Å²) < 4.78 is 38.7. The topological polar surface area (TPSA) is 94.6 Å². The van der Waals surface area contributed by atoms with Gasteiger partial charge >= 0.3 is 12.2 Å². The van der Waals surface area contributed by atoms with Crippen molar-refractivity contribution in [1.29, 1.82) is 0 Å². The van der Waals surface area contributed by atoms with Crippen molar-refractivity contribution in [1.82, 2.24) is 20.1 Å². The Bertz CT molecular complexity index is 1380. The number of pyridine rings is 1. The lowest BCUT2D eigenvalue weighted by molar-refractivity contribution is -0.137. The number of benzene rings is 2. The van der Waals surface area contributed by atoms with Crippen LogP contribution in [0.25, 0.3) is 0 Å². The molecule has 5 rings (SSSR count). The number of carbonyl (C=O) groups is 3. The minimum Gasteiger partial charge on any atom is -0.347 e. The van der Waals surface area contributed by atoms with Gasteiger partial charge in [0, 0.05) is 36.7 Å². The monoisotopic (exact) mass is 551 g/mol. The zero-order chi connectivity index (χ0) is 28.3. The number of amides is 4. The first-order valence-electron chi connectivity index (χ1n) is 13.0. The quantitative estimate of drug-likeness (QED) is 0.494. The summed E-state index contributed by atoms with van der Waals surface area (Å²) in [6, 6.07) is 13.4. The average molecular weight is 552 g/mol. The van der Waals surface area contributed by atoms with Crippen LogP contribution in [0.5, 0.6) is 0 Å². The molecule has 0 bridgehead atoms. The maximum absolute atomic E-state index is 13.7. The number of anilines is 1. The molecule has 4 amide bonds. The van der Waals surface area contributed by atoms with E-state index in [4.69, 9.17) is 0 Å². The minimum atomic E-state index is -4.49. The molecule has 2 unspecified atom stereocenters. The summed E-state index contributed by atoms with van der Waals surface area (Å²) in [7, 11) is 0. The molecule has 1 fully saturated rings. The number of nitrogens with zero attached hydrogens (tertiary/aromatic N) is 3. The molecule has 11 heteroatoms. The molecule has 1 saturated heterocycles. The van der Waals surface area contributed by atoms with Crippen LogP contribution in [0.15, 0.2) is 73.1 Å². The first-order chi connectivity index (χ1) is 19.2. The number of urea groups is 1. The number of carbonyl (C=O) groups excluding carboxylic acids is 3. The largest absolute Gasteiger partial charge is 0.416 e. The third-order valence-corrected chi connectivity index (χ3v) is 7.31. The SMILES string of the molecule is O=C(NC1CCCc2ccccc21)C1CN(C(=O)Nc2ccc(C(F)(F)F)cc2)CCN1C(=O)c1ccncc1. The van der Waals surface area contributed by atoms with E-state index in [1.165, 1.54) is 39.9 Å². The Kier molecular flexibility index (Phi) is 7.72. The first-order valence-corrected chi connectivity index (χ1v) is 13.0. The van der Waals surface area contributed by atoms with E-state index in [-0.39, 0.29) is 43.2 Å². The van der Waals surface area contributed by atoms with Crippen molar-refractivity contribution in [3.05, 3.63) is 95.3 Å². The summed E-state index contributed by atoms with van der Waals surface area (Å²) in [5, 5.41) is 5.70. The number of fused-ring (bicyclic) bond motifs is 1. The number of alkyl halides is 3. The van der Waals surface area contributed by atoms with E-state index < -0.39 is 23.8 Å². The molecule has 1 aromatic heterocycles. The van der Waals surface area contributed by atoms with Gasteiger partial charge < -0.3 is 20.4 Å². The zero-order valence-corrected chi connectivity index (χ0v) is 21.5. The van der Waals surface area contributed by atoms with Crippen LogP contribution in [0.4, 0.5) is 23.7 Å². The Morgan fingerprint density at radius 3 is 2.38 bits per heavy atom. The zero-order valence-electron chi connectivity index (χ0n) is 21.5. The molecule has 1 aliphatic carbocycles. The van der Waals surface area contributed by atoms with E-state index in [9.17, 15) is 27.6 Å². The van der Waals surface area contributed by atoms with Gasteiger partial charge in [-0.15, -0.1) is 0 Å². The van der Waals surface area contributed by atoms with Crippen LogP contribution in [-0.4, -0.2) is 58.3 Å². The van der Waals surface area contributed by atoms with Crippen molar-refractivity contribution in [3.63, 3.8) is 0 Å². The lowest BCUT2D eigenvalue weighted by Gasteiger charge is -2.41. The molecular formula is C29H28F3N5O3. The molecule has 0 spiro atoms. The number of piperazine rings is 1. The van der Waals surface area contributed by atoms with Crippen molar-refractivity contribution >= 4 is 23.5 Å². The summed E-state index contributed by atoms with van der Waals surface area (Å²) in [4.78, 5) is 47.0. The van der Waals surface area contributed by atoms with Gasteiger partial charge in [0.25, 0.3) is 5.91 Å². The molecule has 40 heavy (non-hydrogen) atoms. The molecular weight excluding hydrogens is 523 g/mol. The van der Waals surface area contributed by atoms with E-state index in [0.29, 0.717) is 5.56 Å². The van der Waals surface area contributed by atoms with Gasteiger partial charge in [-0.1, -0.05) is 24.3 Å². The van der Waals surface area contributed by atoms with Gasteiger partial charge in [-0.3, -0.25) is 14.6 Å². The van der Waals surface area contributed by atoms with Crippen LogP contribution in [0.1, 0.15) is 45.9 Å². The van der Waals surface area contributed by atoms with Crippen LogP contribution in [0, 0.1) is 0 Å². The summed E-state index contributed by atoms with van der Waals surface area (Å²) >= 11 is 0. The average Bonchev–Trinajstić information content (AvgIpc) is 2.97. The molecule has 2 aromatic carbocycles. The molecule has 0 saturated carbocycles. The Labute approximate surface area is 229 Å². The van der Waals surface area contributed by atoms with E-state index in [0.717, 1.165) is 37.0 Å². The normalized spacial score (nSPS) is 19.0. The lowest BCUT2D eigenvalue weighted by atomic mass is 9.87. The molecule has 0 radical (unpaired) electrons. The highest BCUT2D eigenvalue weighted by molar-refractivity contribution is 5.98. The smallest absolute Gasteiger partial charge is 0.347 e. The van der Waals surface area contributed by atoms with Gasteiger partial charge in [0.15, 0.2) is 0 Å². The Morgan fingerprint density at radius 1 is 0.925 bits per heavy atom. The molecule has 2 atom stereocenters. The van der Waals surface area contributed by atoms with Crippen LogP contribution in [0.3, 0.4) is 0 Å². The third-order valence-electron chi connectivity index (χ3n) is 7.31. The van der Waals surface area contributed by atoms with E-state index in [2.05, 4.69) is 15.6 Å². The summed E-state index contributed by atoms with van der Waals surface area (Å²) in [6.07, 6.45) is 1.10. The van der Waals surface area contributed by atoms with E-state index in [1.54, 1.807) is 12.1 Å². The van der Waals surface area contributed by atoms with Gasteiger partial charge in [-0.2, -0.15) is 13.2 Å². The highest BCUT2D eigenvalue weighted by Crippen LogP contribution is 2.31. The molecule has 8 nitrogen and oxygen atoms in total. The summed E-state index contributed by atoms with van der Waals surface area (Å²) in [5.41, 5.74) is 1.95. The standard InChI is InChI=1S/C29H28F3N5O3/c30-29(31,32)21-8-10-22(11-9-21)34-28(40)36-16-17-37(27(39)20-12-14-33-15-13-20)25(18-36)26(38)35-24-7-3-5-19-4-1-2-6-23(19)24/h1-2,4,6,8-15,24-25H,3,5,7,16-18H2,(H,34,40)(H,35,38). The van der Waals surface area contributed by atoms with E-state index in [1.807, 2.05) is 24.3 Å². The van der Waals surface area contributed by atoms with Gasteiger partial charge in [-0.05, 0) is 66.8 Å².